The summed E-state index contributed by atoms with van der Waals surface area (Å²) >= 11 is 1.53. The predicted octanol–water partition coefficient (Wildman–Crippen LogP) is 5.47. The van der Waals surface area contributed by atoms with Crippen LogP contribution in [0, 0.1) is 17.3 Å². The normalized spacial score (nSPS) is 32.2. The molecule has 0 aromatic carbocycles. The van der Waals surface area contributed by atoms with Crippen LogP contribution in [0.3, 0.4) is 0 Å². The minimum atomic E-state index is 0.274. The molecular formula is C19H28O2S. The topological polar surface area (TPSA) is 30.2 Å². The lowest BCUT2D eigenvalue weighted by atomic mass is 9.57. The zero-order valence-corrected chi connectivity index (χ0v) is 14.5. The van der Waals surface area contributed by atoms with Gasteiger partial charge >= 0.3 is 0 Å². The van der Waals surface area contributed by atoms with Gasteiger partial charge in [-0.05, 0) is 73.8 Å². The number of carbonyl (C=O) groups is 1. The molecule has 1 aromatic heterocycles. The van der Waals surface area contributed by atoms with Crippen LogP contribution in [0.2, 0.25) is 0 Å². The van der Waals surface area contributed by atoms with E-state index in [1.54, 1.807) is 13.2 Å². The van der Waals surface area contributed by atoms with Gasteiger partial charge in [-0.25, -0.2) is 0 Å². The summed E-state index contributed by atoms with van der Waals surface area (Å²) in [5.41, 5.74) is 1.95. The molecule has 0 saturated heterocycles. The standard InChI is InChI=1S/C19H28O2S/c1-15(20)22-14-16-5-9-19(10-6-16)8-3-2-4-18(19)12-17-7-11-21-13-17/h7,11,13,16,18H,2-6,8-10,12,14H2,1H3. The molecule has 2 fully saturated rings. The second-order valence-electron chi connectivity index (χ2n) is 7.39. The first-order valence-corrected chi connectivity index (χ1v) is 9.81. The molecule has 2 saturated carbocycles. The van der Waals surface area contributed by atoms with Crippen LogP contribution >= 0.6 is 11.8 Å². The first-order valence-electron chi connectivity index (χ1n) is 8.82. The lowest BCUT2D eigenvalue weighted by Crippen LogP contribution is -2.39. The Labute approximate surface area is 138 Å². The molecule has 0 bridgehead atoms. The van der Waals surface area contributed by atoms with E-state index < -0.39 is 0 Å². The van der Waals surface area contributed by atoms with E-state index in [1.807, 2.05) is 6.26 Å². The van der Waals surface area contributed by atoms with Gasteiger partial charge in [-0.1, -0.05) is 24.6 Å². The van der Waals surface area contributed by atoms with E-state index in [1.165, 1.54) is 75.1 Å². The molecule has 1 unspecified atom stereocenters. The van der Waals surface area contributed by atoms with Gasteiger partial charge in [-0.2, -0.15) is 0 Å². The second-order valence-corrected chi connectivity index (χ2v) is 8.58. The fourth-order valence-corrected chi connectivity index (χ4v) is 5.51. The quantitative estimate of drug-likeness (QED) is 0.737. The third-order valence-electron chi connectivity index (χ3n) is 6.03. The van der Waals surface area contributed by atoms with Crippen LogP contribution in [0.5, 0.6) is 0 Å². The third kappa shape index (κ3) is 3.79. The van der Waals surface area contributed by atoms with E-state index in [2.05, 4.69) is 6.07 Å². The Morgan fingerprint density at radius 1 is 1.27 bits per heavy atom. The lowest BCUT2D eigenvalue weighted by molar-refractivity contribution is -0.109. The molecule has 0 radical (unpaired) electrons. The fourth-order valence-electron chi connectivity index (χ4n) is 4.70. The van der Waals surface area contributed by atoms with Crippen molar-refractivity contribution in [1.82, 2.24) is 0 Å². The zero-order chi connectivity index (χ0) is 15.4. The van der Waals surface area contributed by atoms with Crippen molar-refractivity contribution in [3.8, 4) is 0 Å². The fraction of sp³-hybridized carbons (Fsp3) is 0.737. The molecule has 22 heavy (non-hydrogen) atoms. The van der Waals surface area contributed by atoms with Crippen LogP contribution in [0.1, 0.15) is 63.9 Å². The van der Waals surface area contributed by atoms with Crippen molar-refractivity contribution in [2.45, 2.75) is 64.7 Å². The number of rotatable bonds is 4. The Morgan fingerprint density at radius 3 is 2.77 bits per heavy atom. The summed E-state index contributed by atoms with van der Waals surface area (Å²) in [6, 6.07) is 2.14. The number of hydrogen-bond acceptors (Lipinski definition) is 3. The second kappa shape index (κ2) is 7.25. The van der Waals surface area contributed by atoms with Crippen LogP contribution in [-0.2, 0) is 11.2 Å². The van der Waals surface area contributed by atoms with Crippen molar-refractivity contribution >= 4 is 16.9 Å². The average molecular weight is 320 g/mol. The Bertz CT molecular complexity index is 472. The number of hydrogen-bond donors (Lipinski definition) is 0. The molecule has 0 aliphatic heterocycles. The van der Waals surface area contributed by atoms with E-state index in [9.17, 15) is 4.79 Å². The molecule has 3 heteroatoms. The van der Waals surface area contributed by atoms with Crippen molar-refractivity contribution in [2.75, 3.05) is 5.75 Å². The maximum absolute atomic E-state index is 11.2. The molecular weight excluding hydrogens is 292 g/mol. The minimum absolute atomic E-state index is 0.274. The molecule has 2 aliphatic carbocycles. The smallest absolute Gasteiger partial charge is 0.185 e. The predicted molar refractivity (Wildman–Crippen MR) is 91.9 cm³/mol. The summed E-state index contributed by atoms with van der Waals surface area (Å²) in [5, 5.41) is 0.274. The van der Waals surface area contributed by atoms with Gasteiger partial charge < -0.3 is 4.42 Å². The molecule has 2 nitrogen and oxygen atoms in total. The molecule has 1 aromatic rings. The molecule has 0 amide bonds. The summed E-state index contributed by atoms with van der Waals surface area (Å²) in [4.78, 5) is 11.2. The molecule has 122 valence electrons. The largest absolute Gasteiger partial charge is 0.472 e. The molecule has 3 rings (SSSR count). The zero-order valence-electron chi connectivity index (χ0n) is 13.7. The van der Waals surface area contributed by atoms with Crippen LogP contribution in [0.25, 0.3) is 0 Å². The molecule has 1 heterocycles. The molecule has 2 aliphatic rings. The SMILES string of the molecule is CC(=O)SCC1CCC2(CCCCC2Cc2ccoc2)CC1. The summed E-state index contributed by atoms with van der Waals surface area (Å²) in [7, 11) is 0. The van der Waals surface area contributed by atoms with Crippen LogP contribution < -0.4 is 0 Å². The van der Waals surface area contributed by atoms with Gasteiger partial charge in [0.1, 0.15) is 0 Å². The van der Waals surface area contributed by atoms with Gasteiger partial charge in [0.05, 0.1) is 12.5 Å². The Morgan fingerprint density at radius 2 is 2.09 bits per heavy atom. The van der Waals surface area contributed by atoms with Gasteiger partial charge in [0.25, 0.3) is 0 Å². The summed E-state index contributed by atoms with van der Waals surface area (Å²) in [6.07, 6.45) is 15.9. The van der Waals surface area contributed by atoms with E-state index >= 15 is 0 Å². The van der Waals surface area contributed by atoms with Crippen molar-refractivity contribution < 1.29 is 9.21 Å². The maximum atomic E-state index is 11.2. The summed E-state index contributed by atoms with van der Waals surface area (Å²) in [5.74, 6) is 2.63. The van der Waals surface area contributed by atoms with Crippen molar-refractivity contribution in [3.63, 3.8) is 0 Å². The highest BCUT2D eigenvalue weighted by Gasteiger charge is 2.42. The highest BCUT2D eigenvalue weighted by molar-refractivity contribution is 8.13. The monoisotopic (exact) mass is 320 g/mol. The van der Waals surface area contributed by atoms with Gasteiger partial charge in [0.2, 0.25) is 0 Å². The van der Waals surface area contributed by atoms with Crippen LogP contribution in [0.4, 0.5) is 0 Å². The van der Waals surface area contributed by atoms with Crippen LogP contribution in [0.15, 0.2) is 23.0 Å². The summed E-state index contributed by atoms with van der Waals surface area (Å²) in [6.45, 7) is 1.69. The Kier molecular flexibility index (Phi) is 5.33. The summed E-state index contributed by atoms with van der Waals surface area (Å²) < 4.78 is 5.27. The number of thioether (sulfide) groups is 1. The number of furan rings is 1. The van der Waals surface area contributed by atoms with Crippen molar-refractivity contribution in [2.24, 2.45) is 17.3 Å². The van der Waals surface area contributed by atoms with Gasteiger partial charge in [-0.15, -0.1) is 0 Å². The average Bonchev–Trinajstić information content (AvgIpc) is 3.02. The van der Waals surface area contributed by atoms with Crippen molar-refractivity contribution in [3.05, 3.63) is 24.2 Å². The minimum Gasteiger partial charge on any atom is -0.472 e. The Balaban J connectivity index is 1.59. The third-order valence-corrected chi connectivity index (χ3v) is 7.07. The highest BCUT2D eigenvalue weighted by atomic mass is 32.2. The molecule has 1 atom stereocenters. The van der Waals surface area contributed by atoms with E-state index in [4.69, 9.17) is 4.42 Å². The lowest BCUT2D eigenvalue weighted by Gasteiger charge is -2.48. The maximum Gasteiger partial charge on any atom is 0.185 e. The van der Waals surface area contributed by atoms with E-state index in [0.29, 0.717) is 5.41 Å². The van der Waals surface area contributed by atoms with E-state index in [-0.39, 0.29) is 5.12 Å². The van der Waals surface area contributed by atoms with Gasteiger partial charge in [0.15, 0.2) is 5.12 Å². The molecule has 0 N–H and O–H groups in total. The molecule has 1 spiro atoms. The van der Waals surface area contributed by atoms with Gasteiger partial charge in [0, 0.05) is 12.7 Å². The van der Waals surface area contributed by atoms with Crippen LogP contribution in [-0.4, -0.2) is 10.9 Å². The first kappa shape index (κ1) is 16.2. The number of carbonyl (C=O) groups excluding carboxylic acids is 1. The first-order chi connectivity index (χ1) is 10.7. The van der Waals surface area contributed by atoms with E-state index in [0.717, 1.165) is 17.6 Å². The van der Waals surface area contributed by atoms with Gasteiger partial charge in [-0.3, -0.25) is 4.79 Å². The highest BCUT2D eigenvalue weighted by Crippen LogP contribution is 2.53. The Hall–Kier alpha value is -0.700. The van der Waals surface area contributed by atoms with Crippen molar-refractivity contribution in [1.29, 1.82) is 0 Å².